The van der Waals surface area contributed by atoms with Gasteiger partial charge in [-0.2, -0.15) is 0 Å². The van der Waals surface area contributed by atoms with Crippen molar-refractivity contribution in [1.82, 2.24) is 0 Å². The van der Waals surface area contributed by atoms with E-state index in [1.165, 1.54) is 12.5 Å². The van der Waals surface area contributed by atoms with Crippen molar-refractivity contribution in [3.05, 3.63) is 35.5 Å². The Morgan fingerprint density at radius 3 is 2.62 bits per heavy atom. The van der Waals surface area contributed by atoms with E-state index in [0.717, 1.165) is 50.5 Å². The molecule has 192 valence electrons. The lowest BCUT2D eigenvalue weighted by atomic mass is 9.60. The van der Waals surface area contributed by atoms with Gasteiger partial charge in [0.05, 0.1) is 24.9 Å². The summed E-state index contributed by atoms with van der Waals surface area (Å²) in [4.78, 5) is 11.8. The van der Waals surface area contributed by atoms with Gasteiger partial charge in [-0.25, -0.2) is 0 Å². The molecule has 0 radical (unpaired) electrons. The number of hydrogen-bond acceptors (Lipinski definition) is 5. The van der Waals surface area contributed by atoms with Crippen LogP contribution in [0.2, 0.25) is 0 Å². The Labute approximate surface area is 206 Å². The third kappa shape index (κ3) is 6.03. The molecule has 3 N–H and O–H groups in total. The fraction of sp³-hybridized carbons (Fsp3) is 0.759. The van der Waals surface area contributed by atoms with Gasteiger partial charge in [0, 0.05) is 18.8 Å². The van der Waals surface area contributed by atoms with E-state index in [4.69, 9.17) is 4.74 Å². The van der Waals surface area contributed by atoms with E-state index in [1.54, 1.807) is 0 Å². The van der Waals surface area contributed by atoms with Crippen LogP contribution in [0.15, 0.2) is 35.5 Å². The SMILES string of the molecule is C=C1/C(=C\C=C2/CCC[C@]3(COC(C)=O)[C@@H]([C@H](C)CCC(O)C(C)C)CC[C@@H]23)C[C@@H](O)C[C@@H]1O. The molecule has 3 aliphatic carbocycles. The summed E-state index contributed by atoms with van der Waals surface area (Å²) < 4.78 is 5.71. The van der Waals surface area contributed by atoms with Crippen LogP contribution in [0.25, 0.3) is 0 Å². The van der Waals surface area contributed by atoms with Crippen LogP contribution in [0.3, 0.4) is 0 Å². The van der Waals surface area contributed by atoms with Gasteiger partial charge in [0.2, 0.25) is 0 Å². The Morgan fingerprint density at radius 1 is 1.21 bits per heavy atom. The zero-order valence-electron chi connectivity index (χ0n) is 21.6. The van der Waals surface area contributed by atoms with Gasteiger partial charge in [0.15, 0.2) is 0 Å². The Balaban J connectivity index is 1.84. The van der Waals surface area contributed by atoms with Crippen LogP contribution < -0.4 is 0 Å². The van der Waals surface area contributed by atoms with Crippen LogP contribution in [-0.2, 0) is 9.53 Å². The van der Waals surface area contributed by atoms with Gasteiger partial charge in [-0.15, -0.1) is 0 Å². The maximum absolute atomic E-state index is 11.8. The molecule has 3 saturated carbocycles. The molecule has 3 rings (SSSR count). The van der Waals surface area contributed by atoms with Crippen molar-refractivity contribution < 1.29 is 24.9 Å². The monoisotopic (exact) mass is 474 g/mol. The van der Waals surface area contributed by atoms with Gasteiger partial charge in [-0.3, -0.25) is 4.79 Å². The summed E-state index contributed by atoms with van der Waals surface area (Å²) in [7, 11) is 0. The first-order chi connectivity index (χ1) is 16.0. The average Bonchev–Trinajstić information content (AvgIpc) is 3.17. The Morgan fingerprint density at radius 2 is 1.94 bits per heavy atom. The summed E-state index contributed by atoms with van der Waals surface area (Å²) in [5, 5.41) is 30.7. The molecule has 3 aliphatic rings. The minimum atomic E-state index is -0.680. The Hall–Kier alpha value is -1.43. The summed E-state index contributed by atoms with van der Waals surface area (Å²) in [6.07, 6.45) is 10.8. The van der Waals surface area contributed by atoms with Crippen LogP contribution in [0.1, 0.15) is 85.5 Å². The van der Waals surface area contributed by atoms with Gasteiger partial charge in [-0.1, -0.05) is 45.1 Å². The van der Waals surface area contributed by atoms with Gasteiger partial charge in [0.25, 0.3) is 0 Å². The normalized spacial score (nSPS) is 36.1. The molecule has 0 saturated heterocycles. The molecule has 34 heavy (non-hydrogen) atoms. The predicted octanol–water partition coefficient (Wildman–Crippen LogP) is 5.10. The summed E-state index contributed by atoms with van der Waals surface area (Å²) in [5.74, 6) is 1.33. The number of aliphatic hydroxyl groups is 3. The minimum absolute atomic E-state index is 0.0565. The zero-order valence-corrected chi connectivity index (χ0v) is 21.6. The average molecular weight is 475 g/mol. The summed E-state index contributed by atoms with van der Waals surface area (Å²) in [5.41, 5.74) is 2.98. The predicted molar refractivity (Wildman–Crippen MR) is 135 cm³/mol. The van der Waals surface area contributed by atoms with E-state index < -0.39 is 12.2 Å². The highest BCUT2D eigenvalue weighted by Crippen LogP contribution is 2.60. The van der Waals surface area contributed by atoms with Gasteiger partial charge < -0.3 is 20.1 Å². The number of fused-ring (bicyclic) bond motifs is 1. The number of carbonyl (C=O) groups excluding carboxylic acids is 1. The van der Waals surface area contributed by atoms with E-state index in [9.17, 15) is 20.1 Å². The topological polar surface area (TPSA) is 87.0 Å². The maximum Gasteiger partial charge on any atom is 0.302 e. The van der Waals surface area contributed by atoms with Crippen LogP contribution in [0.5, 0.6) is 0 Å². The van der Waals surface area contributed by atoms with Crippen molar-refractivity contribution in [1.29, 1.82) is 0 Å². The van der Waals surface area contributed by atoms with Crippen molar-refractivity contribution in [2.45, 2.75) is 104 Å². The molecule has 0 aliphatic heterocycles. The first-order valence-electron chi connectivity index (χ1n) is 13.3. The molecule has 7 atom stereocenters. The quantitative estimate of drug-likeness (QED) is 0.426. The molecule has 1 unspecified atom stereocenters. The summed E-state index contributed by atoms with van der Waals surface area (Å²) in [6.45, 7) is 12.4. The first kappa shape index (κ1) is 27.2. The van der Waals surface area contributed by atoms with Crippen LogP contribution >= 0.6 is 0 Å². The smallest absolute Gasteiger partial charge is 0.302 e. The van der Waals surface area contributed by atoms with Crippen LogP contribution in [-0.4, -0.2) is 46.2 Å². The van der Waals surface area contributed by atoms with Crippen molar-refractivity contribution in [3.8, 4) is 0 Å². The number of allylic oxidation sites excluding steroid dienone is 3. The maximum atomic E-state index is 11.8. The molecule has 0 aromatic rings. The number of carbonyl (C=O) groups is 1. The van der Waals surface area contributed by atoms with E-state index in [0.29, 0.717) is 42.8 Å². The highest BCUT2D eigenvalue weighted by molar-refractivity contribution is 5.66. The molecule has 0 bridgehead atoms. The second kappa shape index (κ2) is 11.5. The number of esters is 1. The van der Waals surface area contributed by atoms with Crippen molar-refractivity contribution in [2.24, 2.45) is 29.1 Å². The highest BCUT2D eigenvalue weighted by Gasteiger charge is 2.54. The van der Waals surface area contributed by atoms with Gasteiger partial charge in [0.1, 0.15) is 0 Å². The minimum Gasteiger partial charge on any atom is -0.465 e. The molecule has 0 aromatic carbocycles. The molecule has 0 spiro atoms. The molecule has 0 aromatic heterocycles. The summed E-state index contributed by atoms with van der Waals surface area (Å²) >= 11 is 0. The van der Waals surface area contributed by atoms with E-state index in [2.05, 4.69) is 39.5 Å². The fourth-order valence-electron chi connectivity index (χ4n) is 6.89. The van der Waals surface area contributed by atoms with E-state index in [-0.39, 0.29) is 23.4 Å². The second-order valence-corrected chi connectivity index (χ2v) is 11.5. The fourth-order valence-corrected chi connectivity index (χ4v) is 6.89. The van der Waals surface area contributed by atoms with Crippen molar-refractivity contribution in [3.63, 3.8) is 0 Å². The third-order valence-electron chi connectivity index (χ3n) is 8.94. The van der Waals surface area contributed by atoms with Crippen molar-refractivity contribution in [2.75, 3.05) is 6.61 Å². The van der Waals surface area contributed by atoms with Gasteiger partial charge >= 0.3 is 5.97 Å². The first-order valence-corrected chi connectivity index (χ1v) is 13.3. The molecule has 0 amide bonds. The van der Waals surface area contributed by atoms with Gasteiger partial charge in [-0.05, 0) is 86.2 Å². The molecular formula is C29H46O5. The second-order valence-electron chi connectivity index (χ2n) is 11.5. The van der Waals surface area contributed by atoms with Crippen LogP contribution in [0, 0.1) is 29.1 Å². The van der Waals surface area contributed by atoms with Crippen molar-refractivity contribution >= 4 is 5.97 Å². The zero-order chi connectivity index (χ0) is 25.0. The summed E-state index contributed by atoms with van der Waals surface area (Å²) in [6, 6.07) is 0. The lowest BCUT2D eigenvalue weighted by Crippen LogP contribution is -2.43. The molecular weight excluding hydrogens is 428 g/mol. The molecule has 0 heterocycles. The largest absolute Gasteiger partial charge is 0.465 e. The van der Waals surface area contributed by atoms with E-state index in [1.807, 2.05) is 0 Å². The number of aliphatic hydroxyl groups excluding tert-OH is 3. The number of hydrogen-bond donors (Lipinski definition) is 3. The van der Waals surface area contributed by atoms with Crippen LogP contribution in [0.4, 0.5) is 0 Å². The standard InChI is InChI=1S/C29H46O5/c1-18(2)27(32)13-8-19(3)25-11-12-26-22(7-6-14-29(25,26)17-34-21(5)30)9-10-23-15-24(31)16-28(33)20(23)4/h9-10,18-19,24-28,31-33H,4,6-8,11-17H2,1-3,5H3/b22-9+,23-10-/t19-,24-,25-,26+,27?,28+,29+/m1/s1. The highest BCUT2D eigenvalue weighted by atomic mass is 16.5. The number of rotatable bonds is 8. The Bertz CT molecular complexity index is 796. The lowest BCUT2D eigenvalue weighted by molar-refractivity contribution is -0.148. The third-order valence-corrected chi connectivity index (χ3v) is 8.94. The molecule has 5 heteroatoms. The lowest BCUT2D eigenvalue weighted by Gasteiger charge is -2.46. The number of ether oxygens (including phenoxy) is 1. The molecule has 5 nitrogen and oxygen atoms in total. The Kier molecular flexibility index (Phi) is 9.22. The molecule has 3 fully saturated rings. The van der Waals surface area contributed by atoms with E-state index >= 15 is 0 Å².